The van der Waals surface area contributed by atoms with Gasteiger partial charge < -0.3 is 23.9 Å². The molecule has 4 rings (SSSR count). The van der Waals surface area contributed by atoms with Gasteiger partial charge in [0, 0.05) is 31.4 Å². The van der Waals surface area contributed by atoms with E-state index in [2.05, 4.69) is 27.0 Å². The van der Waals surface area contributed by atoms with Crippen LogP contribution in [0.1, 0.15) is 25.0 Å². The molecule has 3 aromatic rings. The maximum atomic E-state index is 9.83. The lowest BCUT2D eigenvalue weighted by Gasteiger charge is -2.25. The van der Waals surface area contributed by atoms with E-state index in [-0.39, 0.29) is 12.8 Å². The third-order valence-electron chi connectivity index (χ3n) is 5.21. The number of aromatic nitrogens is 3. The summed E-state index contributed by atoms with van der Waals surface area (Å²) in [7, 11) is 1.57. The Morgan fingerprint density at radius 1 is 1.23 bits per heavy atom. The minimum Gasteiger partial charge on any atom is -0.479 e. The van der Waals surface area contributed by atoms with E-state index >= 15 is 0 Å². The van der Waals surface area contributed by atoms with Crippen molar-refractivity contribution in [2.45, 2.75) is 45.6 Å². The molecule has 0 bridgehead atoms. The molecule has 3 heterocycles. The van der Waals surface area contributed by atoms with Crippen LogP contribution in [0.5, 0.6) is 5.88 Å². The summed E-state index contributed by atoms with van der Waals surface area (Å²) in [5, 5.41) is 9.83. The molecule has 8 nitrogen and oxygen atoms in total. The number of benzene rings is 1. The Morgan fingerprint density at radius 3 is 2.70 bits per heavy atom. The van der Waals surface area contributed by atoms with Gasteiger partial charge in [-0.05, 0) is 19.4 Å². The van der Waals surface area contributed by atoms with Crippen molar-refractivity contribution in [2.24, 2.45) is 0 Å². The fraction of sp³-hybridized carbons (Fsp3) is 0.455. The first-order valence-electron chi connectivity index (χ1n) is 10.0. The van der Waals surface area contributed by atoms with Crippen molar-refractivity contribution < 1.29 is 19.3 Å². The number of hydrogen-bond donors (Lipinski definition) is 1. The molecule has 30 heavy (non-hydrogen) atoms. The molecule has 2 aromatic heterocycles. The van der Waals surface area contributed by atoms with E-state index in [9.17, 15) is 5.11 Å². The van der Waals surface area contributed by atoms with E-state index < -0.39 is 5.79 Å². The lowest BCUT2D eigenvalue weighted by atomic mass is 10.1. The molecule has 1 fully saturated rings. The van der Waals surface area contributed by atoms with E-state index in [1.807, 2.05) is 38.2 Å². The first-order valence-corrected chi connectivity index (χ1v) is 10.0. The molecule has 8 heteroatoms. The van der Waals surface area contributed by atoms with Gasteiger partial charge in [-0.2, -0.15) is 4.98 Å². The summed E-state index contributed by atoms with van der Waals surface area (Å²) in [6, 6.07) is 10.3. The zero-order chi connectivity index (χ0) is 21.1. The lowest BCUT2D eigenvalue weighted by Crippen LogP contribution is -2.34. The molecular formula is C22H28N4O4. The lowest BCUT2D eigenvalue weighted by molar-refractivity contribution is -0.140. The average Bonchev–Trinajstić information content (AvgIpc) is 3.27. The predicted octanol–water partition coefficient (Wildman–Crippen LogP) is 2.54. The van der Waals surface area contributed by atoms with Gasteiger partial charge in [0.05, 0.1) is 19.8 Å². The Balaban J connectivity index is 1.63. The van der Waals surface area contributed by atoms with Gasteiger partial charge in [0.1, 0.15) is 24.1 Å². The second-order valence-electron chi connectivity index (χ2n) is 7.95. The first kappa shape index (κ1) is 20.7. The standard InChI is InChI=1S/C22H28N4O4/c1-22(2)29-13-18(30-22)12-25(9-16-7-5-4-6-8-16)10-17-11-26(15-27)20-19(17)23-14-24-21(20)28-3/h4-8,11,14,18,27H,9-10,12-13,15H2,1-3H3/t18-/m1/s1. The van der Waals surface area contributed by atoms with Crippen LogP contribution >= 0.6 is 0 Å². The predicted molar refractivity (Wildman–Crippen MR) is 112 cm³/mol. The highest BCUT2D eigenvalue weighted by atomic mass is 16.7. The molecule has 0 unspecified atom stereocenters. The normalized spacial score (nSPS) is 18.4. The van der Waals surface area contributed by atoms with E-state index in [4.69, 9.17) is 14.2 Å². The number of nitrogens with zero attached hydrogens (tertiary/aromatic N) is 4. The van der Waals surface area contributed by atoms with Crippen LogP contribution in [0.2, 0.25) is 0 Å². The summed E-state index contributed by atoms with van der Waals surface area (Å²) in [5.41, 5.74) is 3.68. The van der Waals surface area contributed by atoms with Gasteiger partial charge in [0.2, 0.25) is 5.88 Å². The fourth-order valence-corrected chi connectivity index (χ4v) is 3.96. The summed E-state index contributed by atoms with van der Waals surface area (Å²) >= 11 is 0. The van der Waals surface area contributed by atoms with E-state index in [1.54, 1.807) is 11.7 Å². The molecule has 0 amide bonds. The fourth-order valence-electron chi connectivity index (χ4n) is 3.96. The zero-order valence-corrected chi connectivity index (χ0v) is 17.6. The van der Waals surface area contributed by atoms with Crippen LogP contribution in [-0.4, -0.2) is 56.7 Å². The van der Waals surface area contributed by atoms with E-state index in [0.717, 1.165) is 17.6 Å². The SMILES string of the molecule is COc1ncnc2c(CN(Cc3ccccc3)C[C@@H]3COC(C)(C)O3)cn(CO)c12. The van der Waals surface area contributed by atoms with Crippen molar-refractivity contribution >= 4 is 11.0 Å². The second-order valence-corrected chi connectivity index (χ2v) is 7.95. The molecule has 1 aromatic carbocycles. The molecule has 0 radical (unpaired) electrons. The summed E-state index contributed by atoms with van der Waals surface area (Å²) in [6.45, 7) is 6.37. The van der Waals surface area contributed by atoms with Crippen LogP contribution in [0.15, 0.2) is 42.9 Å². The smallest absolute Gasteiger partial charge is 0.241 e. The molecule has 1 aliphatic rings. The van der Waals surface area contributed by atoms with Crippen molar-refractivity contribution in [1.82, 2.24) is 19.4 Å². The molecule has 160 valence electrons. The highest BCUT2D eigenvalue weighted by molar-refractivity contribution is 5.83. The highest BCUT2D eigenvalue weighted by Gasteiger charge is 2.33. The number of aliphatic hydroxyl groups excluding tert-OH is 1. The molecule has 1 N–H and O–H groups in total. The number of aliphatic hydroxyl groups is 1. The number of rotatable bonds is 8. The molecule has 1 atom stereocenters. The Kier molecular flexibility index (Phi) is 6.01. The molecule has 1 saturated heterocycles. The molecular weight excluding hydrogens is 384 g/mol. The van der Waals surface area contributed by atoms with Gasteiger partial charge in [-0.15, -0.1) is 0 Å². The largest absolute Gasteiger partial charge is 0.479 e. The first-order chi connectivity index (χ1) is 14.5. The summed E-state index contributed by atoms with van der Waals surface area (Å²) in [5.74, 6) is -0.111. The molecule has 1 aliphatic heterocycles. The highest BCUT2D eigenvalue weighted by Crippen LogP contribution is 2.28. The van der Waals surface area contributed by atoms with Gasteiger partial charge >= 0.3 is 0 Å². The maximum absolute atomic E-state index is 9.83. The van der Waals surface area contributed by atoms with Crippen LogP contribution in [0.3, 0.4) is 0 Å². The van der Waals surface area contributed by atoms with Crippen molar-refractivity contribution in [3.63, 3.8) is 0 Å². The minimum atomic E-state index is -0.559. The van der Waals surface area contributed by atoms with Gasteiger partial charge in [-0.3, -0.25) is 4.90 Å². The van der Waals surface area contributed by atoms with Crippen LogP contribution < -0.4 is 4.74 Å². The summed E-state index contributed by atoms with van der Waals surface area (Å²) in [6.07, 6.45) is 3.39. The minimum absolute atomic E-state index is 0.0148. The van der Waals surface area contributed by atoms with E-state index in [0.29, 0.717) is 31.1 Å². The molecule has 0 saturated carbocycles. The van der Waals surface area contributed by atoms with Gasteiger partial charge in [-0.1, -0.05) is 30.3 Å². The van der Waals surface area contributed by atoms with Crippen molar-refractivity contribution in [3.05, 3.63) is 54.0 Å². The third-order valence-corrected chi connectivity index (χ3v) is 5.21. The number of methoxy groups -OCH3 is 1. The van der Waals surface area contributed by atoms with E-state index in [1.165, 1.54) is 11.9 Å². The maximum Gasteiger partial charge on any atom is 0.241 e. The van der Waals surface area contributed by atoms with Crippen molar-refractivity contribution in [1.29, 1.82) is 0 Å². The zero-order valence-electron chi connectivity index (χ0n) is 17.6. The number of ether oxygens (including phenoxy) is 3. The topological polar surface area (TPSA) is 81.9 Å². The van der Waals surface area contributed by atoms with Crippen molar-refractivity contribution in [3.8, 4) is 5.88 Å². The Morgan fingerprint density at radius 2 is 2.03 bits per heavy atom. The summed E-state index contributed by atoms with van der Waals surface area (Å²) < 4.78 is 18.9. The monoisotopic (exact) mass is 412 g/mol. The molecule has 0 aliphatic carbocycles. The van der Waals surface area contributed by atoms with Crippen LogP contribution in [0.4, 0.5) is 0 Å². The Labute approximate surface area is 176 Å². The van der Waals surface area contributed by atoms with Gasteiger partial charge in [0.15, 0.2) is 5.79 Å². The van der Waals surface area contributed by atoms with Crippen LogP contribution in [0, 0.1) is 0 Å². The Bertz CT molecular complexity index is 989. The number of fused-ring (bicyclic) bond motifs is 1. The molecule has 0 spiro atoms. The van der Waals surface area contributed by atoms with Crippen LogP contribution in [-0.2, 0) is 29.3 Å². The van der Waals surface area contributed by atoms with Gasteiger partial charge in [0.25, 0.3) is 0 Å². The third kappa shape index (κ3) is 4.46. The summed E-state index contributed by atoms with van der Waals surface area (Å²) in [4.78, 5) is 11.0. The van der Waals surface area contributed by atoms with Gasteiger partial charge in [-0.25, -0.2) is 4.98 Å². The second kappa shape index (κ2) is 8.69. The quantitative estimate of drug-likeness (QED) is 0.609. The van der Waals surface area contributed by atoms with Crippen LogP contribution in [0.25, 0.3) is 11.0 Å². The van der Waals surface area contributed by atoms with Crippen molar-refractivity contribution in [2.75, 3.05) is 20.3 Å². The Hall–Kier alpha value is -2.52. The average molecular weight is 412 g/mol. The number of hydrogen-bond acceptors (Lipinski definition) is 7.